The molecule has 114 valence electrons. The van der Waals surface area contributed by atoms with Gasteiger partial charge in [0.1, 0.15) is 6.04 Å². The standard InChI is InChI=1S/C17H24N2O2/c1-3-11-19(12-14-9-10-14)17(21)13(2)18-16(20)15-7-5-4-6-8-15/h4-8,13-14H,3,9-12H2,1-2H3,(H,18,20). The average Bonchev–Trinajstić information content (AvgIpc) is 3.31. The molecule has 1 fully saturated rings. The van der Waals surface area contributed by atoms with Crippen LogP contribution in [0.2, 0.25) is 0 Å². The topological polar surface area (TPSA) is 49.4 Å². The second-order valence-corrected chi connectivity index (χ2v) is 5.79. The fourth-order valence-corrected chi connectivity index (χ4v) is 2.38. The van der Waals surface area contributed by atoms with Crippen LogP contribution in [0.4, 0.5) is 0 Å². The quantitative estimate of drug-likeness (QED) is 0.838. The molecule has 0 heterocycles. The highest BCUT2D eigenvalue weighted by Crippen LogP contribution is 2.29. The lowest BCUT2D eigenvalue weighted by atomic mass is 10.2. The van der Waals surface area contributed by atoms with E-state index in [0.717, 1.165) is 19.5 Å². The summed E-state index contributed by atoms with van der Waals surface area (Å²) in [5, 5.41) is 2.80. The summed E-state index contributed by atoms with van der Waals surface area (Å²) in [5.41, 5.74) is 0.585. The molecule has 1 aliphatic carbocycles. The molecular formula is C17H24N2O2. The van der Waals surface area contributed by atoms with Crippen LogP contribution in [0.1, 0.15) is 43.5 Å². The van der Waals surface area contributed by atoms with Crippen molar-refractivity contribution in [3.63, 3.8) is 0 Å². The highest BCUT2D eigenvalue weighted by Gasteiger charge is 2.28. The van der Waals surface area contributed by atoms with E-state index in [0.29, 0.717) is 11.5 Å². The van der Waals surface area contributed by atoms with Crippen LogP contribution in [0.15, 0.2) is 30.3 Å². The highest BCUT2D eigenvalue weighted by atomic mass is 16.2. The van der Waals surface area contributed by atoms with Crippen molar-refractivity contribution < 1.29 is 9.59 Å². The zero-order valence-corrected chi connectivity index (χ0v) is 12.8. The van der Waals surface area contributed by atoms with Gasteiger partial charge in [-0.3, -0.25) is 9.59 Å². The number of rotatable bonds is 7. The van der Waals surface area contributed by atoms with Gasteiger partial charge in [-0.05, 0) is 44.2 Å². The van der Waals surface area contributed by atoms with Crippen molar-refractivity contribution in [1.82, 2.24) is 10.2 Å². The number of hydrogen-bond acceptors (Lipinski definition) is 2. The van der Waals surface area contributed by atoms with E-state index < -0.39 is 6.04 Å². The minimum atomic E-state index is -0.483. The molecule has 0 aromatic heterocycles. The molecule has 0 aliphatic heterocycles. The van der Waals surface area contributed by atoms with Crippen LogP contribution in [-0.2, 0) is 4.79 Å². The van der Waals surface area contributed by atoms with Crippen LogP contribution < -0.4 is 5.32 Å². The average molecular weight is 288 g/mol. The molecule has 4 nitrogen and oxygen atoms in total. The van der Waals surface area contributed by atoms with E-state index in [2.05, 4.69) is 12.2 Å². The van der Waals surface area contributed by atoms with Gasteiger partial charge in [0.05, 0.1) is 0 Å². The Morgan fingerprint density at radius 2 is 1.95 bits per heavy atom. The Hall–Kier alpha value is -1.84. The zero-order valence-electron chi connectivity index (χ0n) is 12.8. The van der Waals surface area contributed by atoms with Gasteiger partial charge in [-0.2, -0.15) is 0 Å². The van der Waals surface area contributed by atoms with Crippen molar-refractivity contribution >= 4 is 11.8 Å². The van der Waals surface area contributed by atoms with Gasteiger partial charge >= 0.3 is 0 Å². The molecule has 1 N–H and O–H groups in total. The molecule has 1 aromatic carbocycles. The molecule has 1 unspecified atom stereocenters. The molecule has 1 saturated carbocycles. The fraction of sp³-hybridized carbons (Fsp3) is 0.529. The Morgan fingerprint density at radius 3 is 2.52 bits per heavy atom. The zero-order chi connectivity index (χ0) is 15.2. The first kappa shape index (κ1) is 15.5. The minimum absolute atomic E-state index is 0.0213. The Kier molecular flexibility index (Phi) is 5.37. The summed E-state index contributed by atoms with van der Waals surface area (Å²) in [7, 11) is 0. The Morgan fingerprint density at radius 1 is 1.29 bits per heavy atom. The predicted molar refractivity (Wildman–Crippen MR) is 83.0 cm³/mol. The van der Waals surface area contributed by atoms with Gasteiger partial charge in [0.15, 0.2) is 0 Å². The third kappa shape index (κ3) is 4.59. The van der Waals surface area contributed by atoms with Crippen molar-refractivity contribution in [3.8, 4) is 0 Å². The second-order valence-electron chi connectivity index (χ2n) is 5.79. The number of benzene rings is 1. The maximum Gasteiger partial charge on any atom is 0.251 e. The monoisotopic (exact) mass is 288 g/mol. The summed E-state index contributed by atoms with van der Waals surface area (Å²) in [6.07, 6.45) is 3.38. The van der Waals surface area contributed by atoms with Gasteiger partial charge in [-0.1, -0.05) is 25.1 Å². The first-order chi connectivity index (χ1) is 10.1. The second kappa shape index (κ2) is 7.25. The molecule has 0 bridgehead atoms. The summed E-state index contributed by atoms with van der Waals surface area (Å²) in [6.45, 7) is 5.43. The van der Waals surface area contributed by atoms with Crippen molar-refractivity contribution in [2.45, 2.75) is 39.2 Å². The van der Waals surface area contributed by atoms with Crippen molar-refractivity contribution in [1.29, 1.82) is 0 Å². The SMILES string of the molecule is CCCN(CC1CC1)C(=O)C(C)NC(=O)c1ccccc1. The third-order valence-corrected chi connectivity index (χ3v) is 3.73. The van der Waals surface area contributed by atoms with Crippen molar-refractivity contribution in [2.75, 3.05) is 13.1 Å². The molecule has 1 aromatic rings. The molecule has 21 heavy (non-hydrogen) atoms. The van der Waals surface area contributed by atoms with Gasteiger partial charge < -0.3 is 10.2 Å². The summed E-state index contributed by atoms with van der Waals surface area (Å²) in [6, 6.07) is 8.52. The van der Waals surface area contributed by atoms with Crippen LogP contribution in [-0.4, -0.2) is 35.8 Å². The lowest BCUT2D eigenvalue weighted by Gasteiger charge is -2.26. The van der Waals surface area contributed by atoms with Crippen LogP contribution in [0.3, 0.4) is 0 Å². The Bertz CT molecular complexity index is 483. The van der Waals surface area contributed by atoms with Gasteiger partial charge in [0.25, 0.3) is 5.91 Å². The first-order valence-corrected chi connectivity index (χ1v) is 7.76. The third-order valence-electron chi connectivity index (χ3n) is 3.73. The first-order valence-electron chi connectivity index (χ1n) is 7.76. The van der Waals surface area contributed by atoms with Crippen LogP contribution >= 0.6 is 0 Å². The van der Waals surface area contributed by atoms with Gasteiger partial charge in [0, 0.05) is 18.7 Å². The van der Waals surface area contributed by atoms with E-state index in [1.54, 1.807) is 19.1 Å². The highest BCUT2D eigenvalue weighted by molar-refractivity contribution is 5.97. The minimum Gasteiger partial charge on any atom is -0.341 e. The van der Waals surface area contributed by atoms with E-state index in [9.17, 15) is 9.59 Å². The smallest absolute Gasteiger partial charge is 0.251 e. The predicted octanol–water partition coefficient (Wildman–Crippen LogP) is 2.45. The molecule has 1 atom stereocenters. The van der Waals surface area contributed by atoms with Crippen molar-refractivity contribution in [3.05, 3.63) is 35.9 Å². The molecule has 2 amide bonds. The lowest BCUT2D eigenvalue weighted by molar-refractivity contribution is -0.133. The van der Waals surface area contributed by atoms with Gasteiger partial charge in [-0.15, -0.1) is 0 Å². The Labute approximate surface area is 126 Å². The van der Waals surface area contributed by atoms with E-state index in [-0.39, 0.29) is 11.8 Å². The van der Waals surface area contributed by atoms with Crippen LogP contribution in [0, 0.1) is 5.92 Å². The summed E-state index contributed by atoms with van der Waals surface area (Å²) in [4.78, 5) is 26.5. The number of nitrogens with one attached hydrogen (secondary N) is 1. The number of nitrogens with zero attached hydrogens (tertiary/aromatic N) is 1. The number of carbonyl (C=O) groups is 2. The Balaban J connectivity index is 1.92. The largest absolute Gasteiger partial charge is 0.341 e. The number of amides is 2. The normalized spacial score (nSPS) is 15.3. The van der Waals surface area contributed by atoms with Gasteiger partial charge in [-0.25, -0.2) is 0 Å². The fourth-order valence-electron chi connectivity index (χ4n) is 2.38. The molecule has 0 spiro atoms. The summed E-state index contributed by atoms with van der Waals surface area (Å²) < 4.78 is 0. The maximum atomic E-state index is 12.5. The molecule has 4 heteroatoms. The molecule has 0 radical (unpaired) electrons. The summed E-state index contributed by atoms with van der Waals surface area (Å²) >= 11 is 0. The number of carbonyl (C=O) groups excluding carboxylic acids is 2. The lowest BCUT2D eigenvalue weighted by Crippen LogP contribution is -2.47. The van der Waals surface area contributed by atoms with E-state index >= 15 is 0 Å². The number of hydrogen-bond donors (Lipinski definition) is 1. The molecular weight excluding hydrogens is 264 g/mol. The molecule has 2 rings (SSSR count). The van der Waals surface area contributed by atoms with Crippen LogP contribution in [0.5, 0.6) is 0 Å². The maximum absolute atomic E-state index is 12.5. The van der Waals surface area contributed by atoms with Crippen LogP contribution in [0.25, 0.3) is 0 Å². The van der Waals surface area contributed by atoms with Crippen molar-refractivity contribution in [2.24, 2.45) is 5.92 Å². The molecule has 1 aliphatic rings. The van der Waals surface area contributed by atoms with E-state index in [4.69, 9.17) is 0 Å². The van der Waals surface area contributed by atoms with Gasteiger partial charge in [0.2, 0.25) is 5.91 Å². The molecule has 0 saturated heterocycles. The van der Waals surface area contributed by atoms with E-state index in [1.165, 1.54) is 12.8 Å². The van der Waals surface area contributed by atoms with E-state index in [1.807, 2.05) is 23.1 Å². The summed E-state index contributed by atoms with van der Waals surface area (Å²) in [5.74, 6) is 0.491.